The smallest absolute Gasteiger partial charge is 0.179 e. The molecule has 2 aromatic carbocycles. The molecule has 4 rings (SSSR count). The van der Waals surface area contributed by atoms with Crippen molar-refractivity contribution < 1.29 is 37.0 Å². The van der Waals surface area contributed by atoms with E-state index in [4.69, 9.17) is 14.2 Å². The fourth-order valence-electron chi connectivity index (χ4n) is 8.58. The van der Waals surface area contributed by atoms with Crippen molar-refractivity contribution >= 4 is 15.5 Å². The zero-order valence-corrected chi connectivity index (χ0v) is 37.8. The molecule has 2 aliphatic heterocycles. The predicted molar refractivity (Wildman–Crippen MR) is 233 cm³/mol. The molecular formula is C45H77FN5O6S+. The molecule has 330 valence electrons. The van der Waals surface area contributed by atoms with E-state index in [2.05, 4.69) is 49.7 Å². The summed E-state index contributed by atoms with van der Waals surface area (Å²) in [7, 11) is 6.72. The van der Waals surface area contributed by atoms with Crippen LogP contribution in [0, 0.1) is 11.2 Å². The number of quaternary nitrogens is 1. The van der Waals surface area contributed by atoms with Gasteiger partial charge in [0, 0.05) is 63.7 Å². The standard InChI is InChI=1S/C45H76FN5O6S/c1-8-10-18-45(19-11-9-2)36-58(53,54)42-17-15-38(47(3)4)35-39(42)43(44(45)52)37-14-16-41(40(46)34-37)57-33-32-56-31-30-55-29-28-51-23-13-22-49(6)25-24-48(5)20-12-21-50(7)26-27-51/h14-17,34-35,43-44,52H,8-13,18-33,36H2,1-7H3/p+1/t43-,44-/m1/s1. The lowest BCUT2D eigenvalue weighted by Crippen LogP contribution is -3.13. The SMILES string of the molecule is CCCCC1(CCCC)CS(=O)(=O)c2ccc(N(C)C)cc2[C@@H](c2ccc(OCCOCCOCC[NH+]3CCCN(C)CCN(C)CCCN(C)CC3)c(F)c2)[C@H]1O. The largest absolute Gasteiger partial charge is 0.488 e. The van der Waals surface area contributed by atoms with Crippen LogP contribution in [0.15, 0.2) is 41.3 Å². The summed E-state index contributed by atoms with van der Waals surface area (Å²) in [4.78, 5) is 11.0. The summed E-state index contributed by atoms with van der Waals surface area (Å²) in [6, 6.07) is 10.1. The molecule has 2 aromatic rings. The van der Waals surface area contributed by atoms with Crippen LogP contribution < -0.4 is 14.5 Å². The van der Waals surface area contributed by atoms with Gasteiger partial charge in [0.1, 0.15) is 13.2 Å². The first-order valence-electron chi connectivity index (χ1n) is 22.0. The van der Waals surface area contributed by atoms with Crippen LogP contribution in [0.5, 0.6) is 5.75 Å². The number of sulfone groups is 1. The number of halogens is 1. The Labute approximate surface area is 350 Å². The first-order chi connectivity index (χ1) is 27.8. The average Bonchev–Trinajstić information content (AvgIpc) is 3.26. The molecule has 0 amide bonds. The van der Waals surface area contributed by atoms with Gasteiger partial charge in [-0.25, -0.2) is 12.8 Å². The number of anilines is 1. The molecule has 1 fully saturated rings. The number of aliphatic hydroxyl groups excluding tert-OH is 1. The van der Waals surface area contributed by atoms with E-state index in [0.717, 1.165) is 90.3 Å². The molecule has 0 aliphatic carbocycles. The maximum Gasteiger partial charge on any atom is 0.179 e. The normalized spacial score (nSPS) is 22.8. The Bertz CT molecular complexity index is 1610. The van der Waals surface area contributed by atoms with Gasteiger partial charge in [0.15, 0.2) is 21.4 Å². The molecule has 0 radical (unpaired) electrons. The second-order valence-corrected chi connectivity index (χ2v) is 19.2. The van der Waals surface area contributed by atoms with E-state index in [-0.39, 0.29) is 29.6 Å². The van der Waals surface area contributed by atoms with Gasteiger partial charge in [-0.3, -0.25) is 0 Å². The van der Waals surface area contributed by atoms with E-state index in [9.17, 15) is 13.5 Å². The molecular weight excluding hydrogens is 758 g/mol. The first kappa shape index (κ1) is 48.3. The summed E-state index contributed by atoms with van der Waals surface area (Å²) < 4.78 is 61.7. The van der Waals surface area contributed by atoms with E-state index >= 15 is 4.39 Å². The lowest BCUT2D eigenvalue weighted by atomic mass is 9.68. The minimum absolute atomic E-state index is 0.0919. The minimum atomic E-state index is -3.75. The van der Waals surface area contributed by atoms with Crippen LogP contribution in [0.4, 0.5) is 10.1 Å². The number of nitrogens with zero attached hydrogens (tertiary/aromatic N) is 4. The van der Waals surface area contributed by atoms with E-state index in [1.807, 2.05) is 25.1 Å². The molecule has 2 heterocycles. The second kappa shape index (κ2) is 24.2. The van der Waals surface area contributed by atoms with Crippen molar-refractivity contribution in [2.75, 3.05) is 138 Å². The molecule has 1 saturated heterocycles. The topological polar surface area (TPSA) is 99.5 Å². The highest BCUT2D eigenvalue weighted by molar-refractivity contribution is 7.91. The van der Waals surface area contributed by atoms with Gasteiger partial charge in [-0.2, -0.15) is 0 Å². The lowest BCUT2D eigenvalue weighted by Gasteiger charge is -2.40. The van der Waals surface area contributed by atoms with Crippen LogP contribution in [-0.4, -0.2) is 167 Å². The summed E-state index contributed by atoms with van der Waals surface area (Å²) in [5, 5.41) is 12.4. The monoisotopic (exact) mass is 835 g/mol. The van der Waals surface area contributed by atoms with Crippen molar-refractivity contribution in [2.24, 2.45) is 5.41 Å². The van der Waals surface area contributed by atoms with Crippen LogP contribution in [-0.2, 0) is 19.3 Å². The van der Waals surface area contributed by atoms with Gasteiger partial charge in [0.2, 0.25) is 0 Å². The van der Waals surface area contributed by atoms with Crippen LogP contribution in [0.25, 0.3) is 0 Å². The van der Waals surface area contributed by atoms with Gasteiger partial charge in [-0.05, 0) is 95.0 Å². The maximum atomic E-state index is 15.9. The number of ether oxygens (including phenoxy) is 3. The fraction of sp³-hybridized carbons (Fsp3) is 0.733. The van der Waals surface area contributed by atoms with Crippen LogP contribution in [0.3, 0.4) is 0 Å². The Kier molecular flexibility index (Phi) is 20.1. The van der Waals surface area contributed by atoms with E-state index < -0.39 is 33.1 Å². The van der Waals surface area contributed by atoms with Crippen molar-refractivity contribution in [2.45, 2.75) is 82.1 Å². The van der Waals surface area contributed by atoms with E-state index in [0.29, 0.717) is 43.8 Å². The number of hydrogen-bond acceptors (Lipinski definition) is 10. The zero-order chi connectivity index (χ0) is 42.1. The molecule has 0 aromatic heterocycles. The van der Waals surface area contributed by atoms with Crippen molar-refractivity contribution in [3.05, 3.63) is 53.3 Å². The molecule has 0 spiro atoms. The van der Waals surface area contributed by atoms with E-state index in [1.54, 1.807) is 29.2 Å². The highest BCUT2D eigenvalue weighted by atomic mass is 32.2. The molecule has 13 heteroatoms. The average molecular weight is 835 g/mol. The van der Waals surface area contributed by atoms with Crippen molar-refractivity contribution in [3.63, 3.8) is 0 Å². The quantitative estimate of drug-likeness (QED) is 0.210. The number of hydrogen-bond donors (Lipinski definition) is 2. The van der Waals surface area contributed by atoms with Gasteiger partial charge in [0.25, 0.3) is 0 Å². The fourth-order valence-corrected chi connectivity index (χ4v) is 10.8. The van der Waals surface area contributed by atoms with Gasteiger partial charge in [-0.1, -0.05) is 45.6 Å². The Morgan fingerprint density at radius 2 is 1.43 bits per heavy atom. The minimum Gasteiger partial charge on any atom is -0.488 e. The van der Waals surface area contributed by atoms with Crippen molar-refractivity contribution in [1.29, 1.82) is 0 Å². The van der Waals surface area contributed by atoms with Crippen LogP contribution in [0.2, 0.25) is 0 Å². The molecule has 2 N–H and O–H groups in total. The van der Waals surface area contributed by atoms with Gasteiger partial charge >= 0.3 is 0 Å². The molecule has 58 heavy (non-hydrogen) atoms. The highest BCUT2D eigenvalue weighted by Crippen LogP contribution is 2.50. The number of aliphatic hydroxyl groups is 1. The summed E-state index contributed by atoms with van der Waals surface area (Å²) >= 11 is 0. The summed E-state index contributed by atoms with van der Waals surface area (Å²) in [5.74, 6) is -1.33. The van der Waals surface area contributed by atoms with Gasteiger partial charge in [0.05, 0.1) is 56.3 Å². The number of benzene rings is 2. The lowest BCUT2D eigenvalue weighted by molar-refractivity contribution is -0.900. The maximum absolute atomic E-state index is 15.9. The predicted octanol–water partition coefficient (Wildman–Crippen LogP) is 4.42. The van der Waals surface area contributed by atoms with Gasteiger partial charge < -0.3 is 43.8 Å². The molecule has 3 atom stereocenters. The number of nitrogens with one attached hydrogen (secondary N) is 1. The van der Waals surface area contributed by atoms with Crippen molar-refractivity contribution in [3.8, 4) is 5.75 Å². The third kappa shape index (κ3) is 14.4. The molecule has 11 nitrogen and oxygen atoms in total. The molecule has 2 aliphatic rings. The number of rotatable bonds is 18. The summed E-state index contributed by atoms with van der Waals surface area (Å²) in [6.45, 7) is 16.1. The number of likely N-dealkylation sites (N-methyl/N-ethyl adjacent to an activating group) is 3. The third-order valence-electron chi connectivity index (χ3n) is 12.3. The Balaban J connectivity index is 1.32. The highest BCUT2D eigenvalue weighted by Gasteiger charge is 2.49. The third-order valence-corrected chi connectivity index (χ3v) is 14.3. The summed E-state index contributed by atoms with van der Waals surface area (Å²) in [6.07, 6.45) is 5.86. The number of fused-ring (bicyclic) bond motifs is 1. The van der Waals surface area contributed by atoms with Crippen LogP contribution >= 0.6 is 0 Å². The Morgan fingerprint density at radius 3 is 2.07 bits per heavy atom. The zero-order valence-electron chi connectivity index (χ0n) is 36.9. The molecule has 0 saturated carbocycles. The van der Waals surface area contributed by atoms with Gasteiger partial charge in [-0.15, -0.1) is 0 Å². The molecule has 0 bridgehead atoms. The Hall–Kier alpha value is -2.36. The second-order valence-electron chi connectivity index (χ2n) is 17.2. The van der Waals surface area contributed by atoms with Crippen LogP contribution in [0.1, 0.15) is 82.3 Å². The number of unbranched alkanes of at least 4 members (excludes halogenated alkanes) is 2. The first-order valence-corrected chi connectivity index (χ1v) is 23.6. The van der Waals surface area contributed by atoms with E-state index in [1.165, 1.54) is 18.9 Å². The Morgan fingerprint density at radius 1 is 0.810 bits per heavy atom. The van der Waals surface area contributed by atoms with Crippen molar-refractivity contribution in [1.82, 2.24) is 14.7 Å². The summed E-state index contributed by atoms with van der Waals surface area (Å²) in [5.41, 5.74) is 0.996. The molecule has 1 unspecified atom stereocenters.